The molecule has 0 spiro atoms. The van der Waals surface area contributed by atoms with Crippen molar-refractivity contribution in [2.75, 3.05) is 26.2 Å². The quantitative estimate of drug-likeness (QED) is 0.543. The lowest BCUT2D eigenvalue weighted by Gasteiger charge is -2.47. The standard InChI is InChI=1S/C13H23N3O2.C2HF3O2/c14-11-5-9(6-11)12(17)16-3-1-10(2-4-16)13(18)7-15-8-13;3-2(4,5)1(6)7/h9-11,15,18H,1-8,14H2;(H,6,7). The molecule has 0 atom stereocenters. The Morgan fingerprint density at radius 2 is 1.64 bits per heavy atom. The fourth-order valence-corrected chi connectivity index (χ4v) is 3.43. The number of hydrogen-bond acceptors (Lipinski definition) is 5. The third-order valence-corrected chi connectivity index (χ3v) is 5.20. The lowest BCUT2D eigenvalue weighted by atomic mass is 9.75. The van der Waals surface area contributed by atoms with Crippen LogP contribution in [0.1, 0.15) is 25.7 Å². The average Bonchev–Trinajstić information content (AvgIpc) is 2.49. The molecule has 2 aliphatic heterocycles. The molecule has 1 saturated carbocycles. The highest BCUT2D eigenvalue weighted by molar-refractivity contribution is 5.80. The lowest BCUT2D eigenvalue weighted by Crippen LogP contribution is -2.65. The van der Waals surface area contributed by atoms with Crippen LogP contribution in [0.5, 0.6) is 0 Å². The van der Waals surface area contributed by atoms with E-state index in [0.29, 0.717) is 19.0 Å². The Kier molecular flexibility index (Phi) is 5.95. The number of hydrogen-bond donors (Lipinski definition) is 4. The third-order valence-electron chi connectivity index (χ3n) is 5.20. The number of alkyl halides is 3. The van der Waals surface area contributed by atoms with Gasteiger partial charge in [-0.1, -0.05) is 0 Å². The molecular weight excluding hydrogens is 343 g/mol. The third kappa shape index (κ3) is 4.83. The molecule has 1 amide bonds. The summed E-state index contributed by atoms with van der Waals surface area (Å²) in [5, 5.41) is 20.5. The molecule has 0 radical (unpaired) electrons. The van der Waals surface area contributed by atoms with Crippen LogP contribution in [0.2, 0.25) is 0 Å². The van der Waals surface area contributed by atoms with Crippen molar-refractivity contribution in [2.24, 2.45) is 17.6 Å². The minimum Gasteiger partial charge on any atom is -0.475 e. The summed E-state index contributed by atoms with van der Waals surface area (Å²) in [7, 11) is 0. The first-order valence-corrected chi connectivity index (χ1v) is 8.30. The highest BCUT2D eigenvalue weighted by Gasteiger charge is 2.44. The predicted molar refractivity (Wildman–Crippen MR) is 81.5 cm³/mol. The van der Waals surface area contributed by atoms with Gasteiger partial charge in [-0.3, -0.25) is 4.79 Å². The van der Waals surface area contributed by atoms with Crippen LogP contribution in [0, 0.1) is 11.8 Å². The summed E-state index contributed by atoms with van der Waals surface area (Å²) in [5.74, 6) is -1.95. The van der Waals surface area contributed by atoms with Gasteiger partial charge in [-0.25, -0.2) is 4.79 Å². The molecule has 3 aliphatic rings. The molecule has 1 aliphatic carbocycles. The number of aliphatic hydroxyl groups is 1. The molecule has 144 valence electrons. The lowest BCUT2D eigenvalue weighted by molar-refractivity contribution is -0.192. The van der Waals surface area contributed by atoms with Gasteiger partial charge in [0.05, 0.1) is 5.60 Å². The first-order chi connectivity index (χ1) is 11.5. The van der Waals surface area contributed by atoms with Crippen LogP contribution in [0.25, 0.3) is 0 Å². The molecule has 7 nitrogen and oxygen atoms in total. The number of nitrogens with one attached hydrogen (secondary N) is 1. The van der Waals surface area contributed by atoms with E-state index in [2.05, 4.69) is 5.32 Å². The minimum atomic E-state index is -5.08. The molecule has 2 heterocycles. The van der Waals surface area contributed by atoms with E-state index in [-0.39, 0.29) is 17.9 Å². The van der Waals surface area contributed by atoms with Crippen LogP contribution in [0.15, 0.2) is 0 Å². The van der Waals surface area contributed by atoms with E-state index in [1.54, 1.807) is 0 Å². The predicted octanol–water partition coefficient (Wildman–Crippen LogP) is -0.0701. The van der Waals surface area contributed by atoms with Crippen molar-refractivity contribution in [3.8, 4) is 0 Å². The van der Waals surface area contributed by atoms with E-state index in [1.165, 1.54) is 0 Å². The highest BCUT2D eigenvalue weighted by atomic mass is 19.4. The van der Waals surface area contributed by atoms with Crippen LogP contribution in [0.4, 0.5) is 13.2 Å². The fraction of sp³-hybridized carbons (Fsp3) is 0.867. The smallest absolute Gasteiger partial charge is 0.475 e. The van der Waals surface area contributed by atoms with Crippen molar-refractivity contribution < 1.29 is 33.0 Å². The Morgan fingerprint density at radius 1 is 1.16 bits per heavy atom. The molecule has 3 rings (SSSR count). The molecule has 0 aromatic heterocycles. The zero-order valence-corrected chi connectivity index (χ0v) is 13.8. The SMILES string of the molecule is NC1CC(C(=O)N2CCC(C3(O)CNC3)CC2)C1.O=C(O)C(F)(F)F. The first-order valence-electron chi connectivity index (χ1n) is 8.30. The number of nitrogens with zero attached hydrogens (tertiary/aromatic N) is 1. The van der Waals surface area contributed by atoms with E-state index in [9.17, 15) is 23.1 Å². The van der Waals surface area contributed by atoms with Gasteiger partial charge in [-0.15, -0.1) is 0 Å². The molecule has 2 saturated heterocycles. The largest absolute Gasteiger partial charge is 0.490 e. The van der Waals surface area contributed by atoms with Crippen LogP contribution < -0.4 is 11.1 Å². The highest BCUT2D eigenvalue weighted by Crippen LogP contribution is 2.33. The molecule has 25 heavy (non-hydrogen) atoms. The molecule has 10 heteroatoms. The molecule has 3 fully saturated rings. The van der Waals surface area contributed by atoms with E-state index in [4.69, 9.17) is 15.6 Å². The van der Waals surface area contributed by atoms with Crippen molar-refractivity contribution in [3.05, 3.63) is 0 Å². The summed E-state index contributed by atoms with van der Waals surface area (Å²) in [5.41, 5.74) is 5.22. The average molecular weight is 367 g/mol. The van der Waals surface area contributed by atoms with Gasteiger partial charge in [-0.2, -0.15) is 13.2 Å². The first kappa shape index (κ1) is 19.9. The van der Waals surface area contributed by atoms with Gasteiger partial charge in [0.2, 0.25) is 5.91 Å². The number of carboxylic acids is 1. The molecule has 0 aromatic rings. The zero-order valence-electron chi connectivity index (χ0n) is 13.8. The summed E-state index contributed by atoms with van der Waals surface area (Å²) in [4.78, 5) is 23.0. The summed E-state index contributed by atoms with van der Waals surface area (Å²) < 4.78 is 31.7. The van der Waals surface area contributed by atoms with E-state index in [0.717, 1.165) is 38.8 Å². The molecule has 0 unspecified atom stereocenters. The maximum Gasteiger partial charge on any atom is 0.490 e. The maximum atomic E-state index is 12.2. The van der Waals surface area contributed by atoms with Gasteiger partial charge >= 0.3 is 12.1 Å². The second-order valence-electron chi connectivity index (χ2n) is 7.04. The van der Waals surface area contributed by atoms with Gasteiger partial charge in [-0.05, 0) is 31.6 Å². The van der Waals surface area contributed by atoms with Crippen molar-refractivity contribution in [2.45, 2.75) is 43.5 Å². The minimum absolute atomic E-state index is 0.171. The number of aliphatic carboxylic acids is 1. The van der Waals surface area contributed by atoms with E-state index in [1.807, 2.05) is 4.90 Å². The number of amides is 1. The van der Waals surface area contributed by atoms with Gasteiger partial charge in [0.15, 0.2) is 0 Å². The normalized spacial score (nSPS) is 28.9. The van der Waals surface area contributed by atoms with Crippen LogP contribution in [0.3, 0.4) is 0 Å². The Hall–Kier alpha value is -1.39. The number of carboxylic acid groups (broad SMARTS) is 1. The fourth-order valence-electron chi connectivity index (χ4n) is 3.43. The Morgan fingerprint density at radius 3 is 1.96 bits per heavy atom. The molecule has 0 bridgehead atoms. The van der Waals surface area contributed by atoms with Gasteiger partial charge in [0, 0.05) is 38.1 Å². The van der Waals surface area contributed by atoms with Crippen molar-refractivity contribution >= 4 is 11.9 Å². The van der Waals surface area contributed by atoms with Crippen LogP contribution in [-0.4, -0.2) is 71.0 Å². The topological polar surface area (TPSA) is 116 Å². The zero-order chi connectivity index (χ0) is 18.8. The van der Waals surface area contributed by atoms with Gasteiger partial charge in [0.25, 0.3) is 0 Å². The number of β-amino-alcohol motifs (C(OH)–C–C–N with tert-alkyl or cyclic N) is 1. The number of nitrogens with two attached hydrogens (primary N) is 1. The summed E-state index contributed by atoms with van der Waals surface area (Å²) in [6.45, 7) is 3.03. The second-order valence-corrected chi connectivity index (χ2v) is 7.04. The monoisotopic (exact) mass is 367 g/mol. The molecule has 5 N–H and O–H groups in total. The number of rotatable bonds is 2. The number of likely N-dealkylation sites (tertiary alicyclic amines) is 1. The summed E-state index contributed by atoms with van der Waals surface area (Å²) in [6, 6.07) is 0.234. The summed E-state index contributed by atoms with van der Waals surface area (Å²) in [6.07, 6.45) is -1.51. The number of halogens is 3. The van der Waals surface area contributed by atoms with E-state index < -0.39 is 17.7 Å². The van der Waals surface area contributed by atoms with Gasteiger partial charge < -0.3 is 26.2 Å². The number of carbonyl (C=O) groups excluding carboxylic acids is 1. The molecular formula is C15H24F3N3O4. The van der Waals surface area contributed by atoms with E-state index >= 15 is 0 Å². The van der Waals surface area contributed by atoms with Crippen LogP contribution in [-0.2, 0) is 9.59 Å². The molecule has 0 aromatic carbocycles. The second kappa shape index (κ2) is 7.46. The number of carbonyl (C=O) groups is 2. The Bertz CT molecular complexity index is 497. The number of piperidine rings is 1. The Balaban J connectivity index is 0.000000277. The van der Waals surface area contributed by atoms with Crippen LogP contribution >= 0.6 is 0 Å². The maximum absolute atomic E-state index is 12.2. The van der Waals surface area contributed by atoms with Crippen molar-refractivity contribution in [1.82, 2.24) is 10.2 Å². The van der Waals surface area contributed by atoms with Crippen molar-refractivity contribution in [1.29, 1.82) is 0 Å². The summed E-state index contributed by atoms with van der Waals surface area (Å²) >= 11 is 0. The van der Waals surface area contributed by atoms with Crippen molar-refractivity contribution in [3.63, 3.8) is 0 Å². The van der Waals surface area contributed by atoms with Gasteiger partial charge in [0.1, 0.15) is 0 Å². The Labute approximate surface area is 143 Å².